The zero-order chi connectivity index (χ0) is 34.1. The smallest absolute Gasteiger partial charge is 0.337 e. The number of halogens is 2. The highest BCUT2D eigenvalue weighted by molar-refractivity contribution is 5.99. The molecular weight excluding hydrogens is 634 g/mol. The van der Waals surface area contributed by atoms with Gasteiger partial charge in [-0.3, -0.25) is 14.2 Å². The quantitative estimate of drug-likeness (QED) is 0.185. The molecule has 7 rings (SSSR count). The summed E-state index contributed by atoms with van der Waals surface area (Å²) in [5, 5.41) is 6.56. The third-order valence-corrected chi connectivity index (χ3v) is 9.03. The van der Waals surface area contributed by atoms with Gasteiger partial charge in [-0.2, -0.15) is 10.1 Å². The number of aliphatic imine (C=N–C) groups is 1. The maximum Gasteiger partial charge on any atom is 0.337 e. The van der Waals surface area contributed by atoms with E-state index in [9.17, 15) is 23.3 Å². The van der Waals surface area contributed by atoms with Crippen LogP contribution in [0.4, 0.5) is 8.87 Å². The van der Waals surface area contributed by atoms with Gasteiger partial charge in [-0.25, -0.2) is 23.6 Å². The summed E-state index contributed by atoms with van der Waals surface area (Å²) in [5.41, 5.74) is 1.30. The molecule has 2 aromatic carbocycles. The number of amidine groups is 1. The van der Waals surface area contributed by atoms with Crippen LogP contribution in [0.2, 0.25) is 0 Å². The molecule has 0 saturated heterocycles. The highest BCUT2D eigenvalue weighted by Gasteiger charge is 2.32. The summed E-state index contributed by atoms with van der Waals surface area (Å²) in [6, 6.07) is 15.4. The van der Waals surface area contributed by atoms with Gasteiger partial charge in [-0.1, -0.05) is 28.7 Å². The van der Waals surface area contributed by atoms with E-state index >= 15 is 0 Å². The van der Waals surface area contributed by atoms with E-state index in [-0.39, 0.29) is 35.3 Å². The van der Waals surface area contributed by atoms with E-state index in [1.165, 1.54) is 21.4 Å². The van der Waals surface area contributed by atoms with E-state index in [0.717, 1.165) is 35.7 Å². The van der Waals surface area contributed by atoms with Crippen LogP contribution in [-0.2, 0) is 4.79 Å². The SMILES string of the molecule is CNCCOc1ccc(-c2cccc(-n3c(=O)n(C4CCC(NC(=O)C5=C[NH+]6CN(F)C=CC6=N5)CC4)c(=O)c4cc(F)cnc43)c2)cc1. The number of hydrogen-bond acceptors (Lipinski definition) is 8. The van der Waals surface area contributed by atoms with Crippen molar-refractivity contribution in [2.75, 3.05) is 26.9 Å². The second kappa shape index (κ2) is 13.6. The Labute approximate surface area is 279 Å². The molecule has 4 heterocycles. The predicted molar refractivity (Wildman–Crippen MR) is 179 cm³/mol. The number of likely N-dealkylation sites (N-methyl/N-ethyl adjacent to an activating group) is 1. The molecule has 1 saturated carbocycles. The number of quaternary nitrogens is 1. The van der Waals surface area contributed by atoms with Crippen LogP contribution in [0, 0.1) is 5.82 Å². The number of amides is 1. The van der Waals surface area contributed by atoms with Gasteiger partial charge in [0.05, 0.1) is 17.3 Å². The van der Waals surface area contributed by atoms with Crippen molar-refractivity contribution in [2.24, 2.45) is 4.99 Å². The number of aromatic nitrogens is 3. The van der Waals surface area contributed by atoms with Gasteiger partial charge in [-0.15, -0.1) is 0 Å². The molecule has 0 spiro atoms. The van der Waals surface area contributed by atoms with Gasteiger partial charge in [-0.05, 0) is 74.2 Å². The lowest BCUT2D eigenvalue weighted by atomic mass is 9.90. The molecule has 1 unspecified atom stereocenters. The summed E-state index contributed by atoms with van der Waals surface area (Å²) >= 11 is 0. The Kier molecular flexibility index (Phi) is 8.89. The topological polar surface area (TPSA) is 127 Å². The van der Waals surface area contributed by atoms with Crippen molar-refractivity contribution in [3.63, 3.8) is 0 Å². The normalized spacial score (nSPS) is 20.1. The molecule has 12 nitrogen and oxygen atoms in total. The first-order chi connectivity index (χ1) is 23.8. The first kappa shape index (κ1) is 32.1. The molecule has 1 aliphatic carbocycles. The van der Waals surface area contributed by atoms with Gasteiger partial charge in [0.2, 0.25) is 5.84 Å². The van der Waals surface area contributed by atoms with E-state index in [1.54, 1.807) is 12.3 Å². The first-order valence-corrected chi connectivity index (χ1v) is 16.2. The third-order valence-electron chi connectivity index (χ3n) is 9.03. The van der Waals surface area contributed by atoms with Crippen LogP contribution in [0.15, 0.2) is 99.5 Å². The number of benzene rings is 2. The van der Waals surface area contributed by atoms with Gasteiger partial charge in [0.25, 0.3) is 11.5 Å². The van der Waals surface area contributed by atoms with Crippen LogP contribution in [0.1, 0.15) is 31.7 Å². The fraction of sp³-hybridized carbons (Fsp3) is 0.286. The number of nitrogens with zero attached hydrogens (tertiary/aromatic N) is 5. The van der Waals surface area contributed by atoms with Crippen molar-refractivity contribution in [3.05, 3.63) is 112 Å². The van der Waals surface area contributed by atoms with E-state index < -0.39 is 23.1 Å². The summed E-state index contributed by atoms with van der Waals surface area (Å²) in [6.45, 7) is 1.28. The van der Waals surface area contributed by atoms with E-state index in [2.05, 4.69) is 20.6 Å². The highest BCUT2D eigenvalue weighted by Crippen LogP contribution is 2.29. The van der Waals surface area contributed by atoms with Crippen LogP contribution in [-0.4, -0.2) is 63.9 Å². The molecule has 14 heteroatoms. The zero-order valence-electron chi connectivity index (χ0n) is 26.7. The molecule has 3 aliphatic rings. The minimum Gasteiger partial charge on any atom is -0.492 e. The average Bonchev–Trinajstić information content (AvgIpc) is 3.54. The molecule has 3 N–H and O–H groups in total. The minimum atomic E-state index is -0.684. The maximum atomic E-state index is 14.5. The average molecular weight is 670 g/mol. The molecule has 1 fully saturated rings. The summed E-state index contributed by atoms with van der Waals surface area (Å²) < 4.78 is 36.4. The summed E-state index contributed by atoms with van der Waals surface area (Å²) in [7, 11) is 1.86. The molecule has 1 atom stereocenters. The molecule has 252 valence electrons. The Morgan fingerprint density at radius 1 is 1.06 bits per heavy atom. The van der Waals surface area contributed by atoms with Gasteiger partial charge >= 0.3 is 5.69 Å². The highest BCUT2D eigenvalue weighted by atomic mass is 19.2. The largest absolute Gasteiger partial charge is 0.492 e. The number of carbonyl (C=O) groups excluding carboxylic acids is 1. The Bertz CT molecular complexity index is 2120. The van der Waals surface area contributed by atoms with Crippen molar-refractivity contribution in [1.29, 1.82) is 0 Å². The van der Waals surface area contributed by atoms with Crippen molar-refractivity contribution in [1.82, 2.24) is 29.9 Å². The monoisotopic (exact) mass is 669 g/mol. The fourth-order valence-electron chi connectivity index (χ4n) is 6.54. The molecule has 0 radical (unpaired) electrons. The third kappa shape index (κ3) is 6.52. The standard InChI is InChI=1S/C35H34F2N8O4/c1-38-14-16-49-28-11-5-22(6-12-28)23-3-2-4-27(17-23)44-32-29(18-24(36)19-39-32)34(47)45(35(44)48)26-9-7-25(8-10-26)40-33(46)30-20-42-21-43(37)15-13-31(42)41-30/h2-6,11-13,15,17-20,25-26,38H,7-10,14,16,21H2,1H3,(H,40,46)/p+1. The Balaban J connectivity index is 1.14. The van der Waals surface area contributed by atoms with Crippen LogP contribution in [0.25, 0.3) is 27.8 Å². The fourth-order valence-corrected chi connectivity index (χ4v) is 6.54. The van der Waals surface area contributed by atoms with Crippen molar-refractivity contribution in [2.45, 2.75) is 37.8 Å². The van der Waals surface area contributed by atoms with Crippen LogP contribution < -0.4 is 31.5 Å². The number of nitrogens with one attached hydrogen (secondary N) is 3. The van der Waals surface area contributed by atoms with E-state index in [1.807, 2.05) is 49.5 Å². The van der Waals surface area contributed by atoms with Gasteiger partial charge in [0.15, 0.2) is 18.0 Å². The molecule has 4 aromatic rings. The van der Waals surface area contributed by atoms with Crippen molar-refractivity contribution >= 4 is 22.8 Å². The molecule has 0 bridgehead atoms. The molecular formula is C35H35F2N8O4+. The number of pyridine rings is 1. The lowest BCUT2D eigenvalue weighted by Crippen LogP contribution is -3.11. The van der Waals surface area contributed by atoms with E-state index in [0.29, 0.717) is 53.8 Å². The van der Waals surface area contributed by atoms with Gasteiger partial charge in [0, 0.05) is 30.9 Å². The van der Waals surface area contributed by atoms with Crippen LogP contribution in [0.3, 0.4) is 0 Å². The Hall–Kier alpha value is -5.47. The number of ether oxygens (including phenoxy) is 1. The molecule has 2 aliphatic heterocycles. The molecule has 1 amide bonds. The molecule has 2 aromatic heterocycles. The van der Waals surface area contributed by atoms with Gasteiger partial charge in [0.1, 0.15) is 24.4 Å². The number of hydrogen-bond donors (Lipinski definition) is 3. The zero-order valence-corrected chi connectivity index (χ0v) is 26.7. The Morgan fingerprint density at radius 3 is 2.63 bits per heavy atom. The second-order valence-electron chi connectivity index (χ2n) is 12.2. The first-order valence-electron chi connectivity index (χ1n) is 16.2. The van der Waals surface area contributed by atoms with Crippen LogP contribution >= 0.6 is 0 Å². The minimum absolute atomic E-state index is 0.00403. The molecule has 49 heavy (non-hydrogen) atoms. The summed E-state index contributed by atoms with van der Waals surface area (Å²) in [5.74, 6) is 0.253. The van der Waals surface area contributed by atoms with Gasteiger partial charge < -0.3 is 15.4 Å². The number of fused-ring (bicyclic) bond motifs is 2. The lowest BCUT2D eigenvalue weighted by molar-refractivity contribution is -0.763. The lowest BCUT2D eigenvalue weighted by Gasteiger charge is -2.30. The maximum absolute atomic E-state index is 14.5. The summed E-state index contributed by atoms with van der Waals surface area (Å²) in [4.78, 5) is 50.1. The second-order valence-corrected chi connectivity index (χ2v) is 12.2. The van der Waals surface area contributed by atoms with Crippen LogP contribution in [0.5, 0.6) is 5.75 Å². The Morgan fingerprint density at radius 2 is 1.86 bits per heavy atom. The van der Waals surface area contributed by atoms with Crippen molar-refractivity contribution < 1.29 is 23.3 Å². The van der Waals surface area contributed by atoms with Crippen molar-refractivity contribution in [3.8, 4) is 22.6 Å². The summed E-state index contributed by atoms with van der Waals surface area (Å²) in [6.07, 6.45) is 7.24. The van der Waals surface area contributed by atoms with E-state index in [4.69, 9.17) is 4.74 Å². The number of carbonyl (C=O) groups is 1. The number of rotatable bonds is 9. The predicted octanol–water partition coefficient (Wildman–Crippen LogP) is 2.36.